The van der Waals surface area contributed by atoms with Crippen molar-refractivity contribution in [3.8, 4) is 0 Å². The lowest BCUT2D eigenvalue weighted by atomic mass is 9.99. The molecule has 9 nitrogen and oxygen atoms in total. The fourth-order valence-corrected chi connectivity index (χ4v) is 9.93. The van der Waals surface area contributed by atoms with Gasteiger partial charge in [0.25, 0.3) is 0 Å². The standard InChI is InChI=1S/C48H97NO8S/c1-4-6-8-10-12-14-16-18-19-20-21-22-23-24-25-27-29-31-33-35-37-39-58(3,55)49-42(41-56-48-47(54)46(53)45(52)44(40-50)57-48)43(51)38-36-34-32-30-28-26-17-15-13-11-9-7-5-2/h42-48,50-54H,4-41H2,1-3H3/t42-,43+,44?,45?,46?,47?,48?,58?/m0/s1. The van der Waals surface area contributed by atoms with E-state index in [9.17, 15) is 29.7 Å². The molecule has 1 saturated heterocycles. The van der Waals surface area contributed by atoms with Crippen LogP contribution >= 0.6 is 0 Å². The van der Waals surface area contributed by atoms with E-state index in [0.717, 1.165) is 38.5 Å². The van der Waals surface area contributed by atoms with Crippen LogP contribution in [0.4, 0.5) is 0 Å². The van der Waals surface area contributed by atoms with Gasteiger partial charge in [0.15, 0.2) is 6.29 Å². The number of aliphatic hydroxyl groups excluding tert-OH is 5. The topological polar surface area (TPSA) is 149 Å². The number of rotatable bonds is 42. The fourth-order valence-electron chi connectivity index (χ4n) is 8.31. The van der Waals surface area contributed by atoms with Crippen molar-refractivity contribution in [1.29, 1.82) is 0 Å². The van der Waals surface area contributed by atoms with Gasteiger partial charge < -0.3 is 35.0 Å². The van der Waals surface area contributed by atoms with Crippen molar-refractivity contribution < 1.29 is 39.2 Å². The second-order valence-electron chi connectivity index (χ2n) is 18.0. The minimum atomic E-state index is -2.61. The largest absolute Gasteiger partial charge is 0.394 e. The van der Waals surface area contributed by atoms with Gasteiger partial charge in [0.05, 0.1) is 19.3 Å². The molecule has 0 aromatic carbocycles. The maximum Gasteiger partial charge on any atom is 0.186 e. The van der Waals surface area contributed by atoms with Crippen molar-refractivity contribution in [2.45, 2.75) is 281 Å². The van der Waals surface area contributed by atoms with E-state index < -0.39 is 59.2 Å². The minimum Gasteiger partial charge on any atom is -0.394 e. The highest BCUT2D eigenvalue weighted by atomic mass is 32.2. The van der Waals surface area contributed by atoms with E-state index in [4.69, 9.17) is 9.47 Å². The zero-order valence-corrected chi connectivity index (χ0v) is 39.0. The molecule has 1 aliphatic rings. The summed E-state index contributed by atoms with van der Waals surface area (Å²) in [5, 5.41) is 51.7. The number of hydrogen-bond donors (Lipinski definition) is 5. The van der Waals surface area contributed by atoms with Crippen molar-refractivity contribution in [2.24, 2.45) is 4.36 Å². The van der Waals surface area contributed by atoms with Crippen molar-refractivity contribution in [1.82, 2.24) is 0 Å². The summed E-state index contributed by atoms with van der Waals surface area (Å²) in [4.78, 5) is 0. The van der Waals surface area contributed by atoms with Crippen LogP contribution in [0.5, 0.6) is 0 Å². The van der Waals surface area contributed by atoms with E-state index in [1.807, 2.05) is 0 Å². The van der Waals surface area contributed by atoms with E-state index in [1.165, 1.54) is 180 Å². The Bertz CT molecular complexity index is 1010. The Morgan fingerprint density at radius 2 is 0.879 bits per heavy atom. The van der Waals surface area contributed by atoms with Crippen molar-refractivity contribution >= 4 is 9.73 Å². The molecule has 1 rings (SSSR count). The average molecular weight is 848 g/mol. The van der Waals surface area contributed by atoms with E-state index in [0.29, 0.717) is 12.2 Å². The smallest absolute Gasteiger partial charge is 0.186 e. The fraction of sp³-hybridized carbons (Fsp3) is 1.00. The number of ether oxygens (including phenoxy) is 2. The zero-order valence-electron chi connectivity index (χ0n) is 38.2. The molecule has 0 aromatic heterocycles. The van der Waals surface area contributed by atoms with Crippen LogP contribution in [0.1, 0.15) is 239 Å². The number of hydrogen-bond acceptors (Lipinski definition) is 9. The van der Waals surface area contributed by atoms with Crippen LogP contribution in [0.3, 0.4) is 0 Å². The van der Waals surface area contributed by atoms with Crippen LogP contribution in [-0.4, -0.2) is 97.8 Å². The van der Waals surface area contributed by atoms with E-state index in [2.05, 4.69) is 18.2 Å². The van der Waals surface area contributed by atoms with Crippen molar-refractivity contribution in [3.05, 3.63) is 0 Å². The van der Waals surface area contributed by atoms with Gasteiger partial charge in [-0.2, -0.15) is 0 Å². The van der Waals surface area contributed by atoms with Crippen LogP contribution in [0.15, 0.2) is 4.36 Å². The first kappa shape index (κ1) is 55.7. The Balaban J connectivity index is 2.36. The molecule has 0 aromatic rings. The molecule has 5 N–H and O–H groups in total. The summed E-state index contributed by atoms with van der Waals surface area (Å²) in [5.41, 5.74) is 0. The molecule has 8 atom stereocenters. The van der Waals surface area contributed by atoms with Gasteiger partial charge in [-0.15, -0.1) is 0 Å². The molecular formula is C48H97NO8S. The van der Waals surface area contributed by atoms with Gasteiger partial charge in [-0.1, -0.05) is 226 Å². The summed E-state index contributed by atoms with van der Waals surface area (Å²) in [6, 6.07) is -0.794. The molecule has 0 aliphatic carbocycles. The molecule has 348 valence electrons. The molecule has 6 unspecified atom stereocenters. The highest BCUT2D eigenvalue weighted by Gasteiger charge is 2.44. The third-order valence-corrected chi connectivity index (χ3v) is 14.1. The molecule has 0 saturated carbocycles. The number of unbranched alkanes of at least 4 members (excludes halogenated alkanes) is 32. The van der Waals surface area contributed by atoms with E-state index in [-0.39, 0.29) is 6.61 Å². The van der Waals surface area contributed by atoms with E-state index >= 15 is 0 Å². The minimum absolute atomic E-state index is 0.160. The predicted octanol–water partition coefficient (Wildman–Crippen LogP) is 11.3. The first-order valence-electron chi connectivity index (χ1n) is 25.0. The second-order valence-corrected chi connectivity index (χ2v) is 20.6. The third kappa shape index (κ3) is 29.8. The second kappa shape index (κ2) is 38.4. The van der Waals surface area contributed by atoms with Crippen molar-refractivity contribution in [2.75, 3.05) is 25.2 Å². The summed E-state index contributed by atoms with van der Waals surface area (Å²) in [7, 11) is -2.61. The van der Waals surface area contributed by atoms with Crippen LogP contribution in [0.25, 0.3) is 0 Å². The van der Waals surface area contributed by atoms with Crippen molar-refractivity contribution in [3.63, 3.8) is 0 Å². The van der Waals surface area contributed by atoms with Gasteiger partial charge in [-0.3, -0.25) is 4.21 Å². The lowest BCUT2D eigenvalue weighted by molar-refractivity contribution is -0.302. The third-order valence-electron chi connectivity index (χ3n) is 12.3. The highest BCUT2D eigenvalue weighted by molar-refractivity contribution is 7.92. The quantitative estimate of drug-likeness (QED) is 0.0381. The summed E-state index contributed by atoms with van der Waals surface area (Å²) >= 11 is 0. The molecule has 1 aliphatic heterocycles. The lowest BCUT2D eigenvalue weighted by Gasteiger charge is -2.40. The Labute approximate surface area is 358 Å². The molecule has 58 heavy (non-hydrogen) atoms. The Kier molecular flexibility index (Phi) is 36.8. The lowest BCUT2D eigenvalue weighted by Crippen LogP contribution is -2.59. The van der Waals surface area contributed by atoms with Gasteiger partial charge in [0, 0.05) is 21.7 Å². The molecular weight excluding hydrogens is 751 g/mol. The van der Waals surface area contributed by atoms with Crippen LogP contribution in [0, 0.1) is 0 Å². The zero-order chi connectivity index (χ0) is 42.5. The Morgan fingerprint density at radius 3 is 1.24 bits per heavy atom. The average Bonchev–Trinajstić information content (AvgIpc) is 3.21. The summed E-state index contributed by atoms with van der Waals surface area (Å²) in [6.07, 6.45) is 38.0. The maximum atomic E-state index is 13.7. The molecule has 10 heteroatoms. The first-order valence-corrected chi connectivity index (χ1v) is 27.0. The van der Waals surface area contributed by atoms with Crippen LogP contribution in [0.2, 0.25) is 0 Å². The molecule has 0 radical (unpaired) electrons. The Hall–Kier alpha value is -0.330. The summed E-state index contributed by atoms with van der Waals surface area (Å²) in [5.74, 6) is 0.452. The van der Waals surface area contributed by atoms with Gasteiger partial charge in [0.1, 0.15) is 30.5 Å². The van der Waals surface area contributed by atoms with Gasteiger partial charge in [-0.05, 0) is 12.8 Å². The summed E-state index contributed by atoms with van der Waals surface area (Å²) in [6.45, 7) is 3.82. The molecule has 1 heterocycles. The monoisotopic (exact) mass is 848 g/mol. The van der Waals surface area contributed by atoms with Crippen LogP contribution in [-0.2, 0) is 19.2 Å². The highest BCUT2D eigenvalue weighted by Crippen LogP contribution is 2.24. The van der Waals surface area contributed by atoms with Gasteiger partial charge in [0.2, 0.25) is 0 Å². The first-order chi connectivity index (χ1) is 28.2. The number of nitrogens with zero attached hydrogens (tertiary/aromatic N) is 1. The maximum absolute atomic E-state index is 13.7. The molecule has 0 spiro atoms. The normalized spacial score (nSPS) is 21.9. The molecule has 1 fully saturated rings. The Morgan fingerprint density at radius 1 is 0.534 bits per heavy atom. The predicted molar refractivity (Wildman–Crippen MR) is 244 cm³/mol. The molecule has 0 amide bonds. The number of aliphatic hydroxyl groups is 5. The van der Waals surface area contributed by atoms with Crippen LogP contribution < -0.4 is 0 Å². The van der Waals surface area contributed by atoms with Gasteiger partial charge >= 0.3 is 0 Å². The molecule has 0 bridgehead atoms. The summed E-state index contributed by atoms with van der Waals surface area (Å²) < 4.78 is 29.7. The van der Waals surface area contributed by atoms with Gasteiger partial charge in [-0.25, -0.2) is 4.36 Å². The SMILES string of the molecule is CCCCCCCCCCCCCCCCCCCCCCCS(C)(=O)=N[C@@H](COC1OC(CO)C(O)C(O)C1O)[C@H](O)CCCCCCCCCCCCCCC. The van der Waals surface area contributed by atoms with E-state index in [1.54, 1.807) is 6.26 Å².